The summed E-state index contributed by atoms with van der Waals surface area (Å²) in [6.07, 6.45) is -3.74. The molecular formula is C22H24F3N3O2. The first-order valence-electron chi connectivity index (χ1n) is 9.68. The predicted molar refractivity (Wildman–Crippen MR) is 107 cm³/mol. The van der Waals surface area contributed by atoms with Crippen LogP contribution in [-0.2, 0) is 17.5 Å². The number of carbonyl (C=O) groups excluding carboxylic acids is 2. The lowest BCUT2D eigenvalue weighted by atomic mass is 10.1. The molecule has 0 aliphatic heterocycles. The number of benzene rings is 2. The van der Waals surface area contributed by atoms with Crippen LogP contribution in [0.25, 0.3) is 0 Å². The fraction of sp³-hybridized carbons (Fsp3) is 0.364. The molecule has 3 N–H and O–H groups in total. The minimum absolute atomic E-state index is 0.0190. The highest BCUT2D eigenvalue weighted by molar-refractivity contribution is 5.96. The largest absolute Gasteiger partial charge is 0.416 e. The maximum absolute atomic E-state index is 12.7. The lowest BCUT2D eigenvalue weighted by Crippen LogP contribution is -2.39. The van der Waals surface area contributed by atoms with Crippen molar-refractivity contribution in [3.63, 3.8) is 0 Å². The highest BCUT2D eigenvalue weighted by atomic mass is 19.4. The summed E-state index contributed by atoms with van der Waals surface area (Å²) in [5, 5.41) is 8.54. The molecule has 2 aromatic carbocycles. The van der Waals surface area contributed by atoms with E-state index in [0.717, 1.165) is 24.6 Å². The van der Waals surface area contributed by atoms with Crippen LogP contribution in [0, 0.1) is 13.8 Å². The van der Waals surface area contributed by atoms with E-state index in [1.807, 2.05) is 0 Å². The number of halogens is 3. The third kappa shape index (κ3) is 5.82. The Hall–Kier alpha value is -2.87. The molecule has 1 fully saturated rings. The molecule has 3 rings (SSSR count). The van der Waals surface area contributed by atoms with E-state index in [4.69, 9.17) is 0 Å². The van der Waals surface area contributed by atoms with Gasteiger partial charge in [0, 0.05) is 24.2 Å². The summed E-state index contributed by atoms with van der Waals surface area (Å²) in [6.45, 7) is 4.53. The van der Waals surface area contributed by atoms with Crippen molar-refractivity contribution in [3.8, 4) is 0 Å². The van der Waals surface area contributed by atoms with Gasteiger partial charge in [0.15, 0.2) is 0 Å². The van der Waals surface area contributed by atoms with Gasteiger partial charge >= 0.3 is 6.18 Å². The van der Waals surface area contributed by atoms with Gasteiger partial charge in [0.2, 0.25) is 5.91 Å². The van der Waals surface area contributed by atoms with Crippen LogP contribution >= 0.6 is 0 Å². The lowest BCUT2D eigenvalue weighted by Gasteiger charge is -2.10. The Morgan fingerprint density at radius 3 is 2.50 bits per heavy atom. The molecular weight excluding hydrogens is 395 g/mol. The molecule has 1 aliphatic carbocycles. The quantitative estimate of drug-likeness (QED) is 0.646. The van der Waals surface area contributed by atoms with Crippen molar-refractivity contribution >= 4 is 11.8 Å². The number of rotatable bonds is 7. The second-order valence-corrected chi connectivity index (χ2v) is 7.58. The monoisotopic (exact) mass is 419 g/mol. The van der Waals surface area contributed by atoms with Gasteiger partial charge in [-0.05, 0) is 55.2 Å². The molecule has 0 unspecified atom stereocenters. The molecule has 0 aromatic heterocycles. The van der Waals surface area contributed by atoms with Crippen molar-refractivity contribution in [2.24, 2.45) is 0 Å². The zero-order valence-electron chi connectivity index (χ0n) is 16.8. The highest BCUT2D eigenvalue weighted by Crippen LogP contribution is 2.29. The molecule has 0 spiro atoms. The van der Waals surface area contributed by atoms with Gasteiger partial charge in [-0.25, -0.2) is 0 Å². The molecule has 0 bridgehead atoms. The number of amides is 2. The van der Waals surface area contributed by atoms with E-state index >= 15 is 0 Å². The molecule has 2 aromatic rings. The van der Waals surface area contributed by atoms with Gasteiger partial charge in [0.05, 0.1) is 12.1 Å². The summed E-state index contributed by atoms with van der Waals surface area (Å²) in [5.41, 5.74) is 2.59. The van der Waals surface area contributed by atoms with E-state index in [9.17, 15) is 22.8 Å². The predicted octanol–water partition coefficient (Wildman–Crippen LogP) is 3.10. The minimum Gasteiger partial charge on any atom is -0.350 e. The SMILES string of the molecule is Cc1ccc(CN[C@H]2C[C@H]2NC(=O)CNC(=O)c2cccc(C(F)(F)F)c2)cc1C. The first-order valence-corrected chi connectivity index (χ1v) is 9.68. The number of hydrogen-bond acceptors (Lipinski definition) is 3. The molecule has 0 radical (unpaired) electrons. The Morgan fingerprint density at radius 2 is 1.80 bits per heavy atom. The zero-order valence-corrected chi connectivity index (χ0v) is 16.8. The van der Waals surface area contributed by atoms with Crippen molar-refractivity contribution in [2.75, 3.05) is 6.54 Å². The van der Waals surface area contributed by atoms with Gasteiger partial charge in [0.25, 0.3) is 5.91 Å². The summed E-state index contributed by atoms with van der Waals surface area (Å²) in [6, 6.07) is 10.5. The van der Waals surface area contributed by atoms with Crippen molar-refractivity contribution in [1.82, 2.24) is 16.0 Å². The molecule has 1 aliphatic rings. The maximum atomic E-state index is 12.7. The minimum atomic E-state index is -4.53. The van der Waals surface area contributed by atoms with Gasteiger partial charge in [-0.1, -0.05) is 24.3 Å². The third-order valence-corrected chi connectivity index (χ3v) is 5.14. The molecule has 1 saturated carbocycles. The van der Waals surface area contributed by atoms with Crippen LogP contribution < -0.4 is 16.0 Å². The van der Waals surface area contributed by atoms with Crippen LogP contribution in [0.1, 0.15) is 39.0 Å². The third-order valence-electron chi connectivity index (χ3n) is 5.14. The van der Waals surface area contributed by atoms with Gasteiger partial charge in [-0.3, -0.25) is 9.59 Å². The Bertz CT molecular complexity index is 943. The highest BCUT2D eigenvalue weighted by Gasteiger charge is 2.37. The Labute approximate surface area is 173 Å². The Balaban J connectivity index is 1.40. The fourth-order valence-corrected chi connectivity index (χ4v) is 3.10. The first-order chi connectivity index (χ1) is 14.1. The number of aryl methyl sites for hydroxylation is 2. The van der Waals surface area contributed by atoms with Gasteiger partial charge < -0.3 is 16.0 Å². The summed E-state index contributed by atoms with van der Waals surface area (Å²) >= 11 is 0. The molecule has 2 amide bonds. The van der Waals surface area contributed by atoms with Crippen molar-refractivity contribution in [2.45, 2.75) is 45.1 Å². The topological polar surface area (TPSA) is 70.2 Å². The Kier molecular flexibility index (Phi) is 6.45. The van der Waals surface area contributed by atoms with Crippen molar-refractivity contribution in [1.29, 1.82) is 0 Å². The van der Waals surface area contributed by atoms with E-state index < -0.39 is 17.6 Å². The summed E-state index contributed by atoms with van der Waals surface area (Å²) in [7, 11) is 0. The standard InChI is InChI=1S/C22H24F3N3O2/c1-13-6-7-15(8-14(13)2)11-26-18-10-19(18)28-20(29)12-27-21(30)16-4-3-5-17(9-16)22(23,24)25/h3-9,18-19,26H,10-12H2,1-2H3,(H,27,30)(H,28,29)/t18-,19+/m0/s1. The Morgan fingerprint density at radius 1 is 1.03 bits per heavy atom. The molecule has 2 atom stereocenters. The molecule has 8 heteroatoms. The van der Waals surface area contributed by atoms with Crippen molar-refractivity contribution < 1.29 is 22.8 Å². The van der Waals surface area contributed by atoms with Crippen LogP contribution in [0.3, 0.4) is 0 Å². The van der Waals surface area contributed by atoms with E-state index in [1.165, 1.54) is 22.8 Å². The first kappa shape index (κ1) is 21.8. The van der Waals surface area contributed by atoms with Gasteiger partial charge in [0.1, 0.15) is 0 Å². The van der Waals surface area contributed by atoms with Crippen LogP contribution in [0.5, 0.6) is 0 Å². The van der Waals surface area contributed by atoms with Crippen LogP contribution in [0.4, 0.5) is 13.2 Å². The molecule has 5 nitrogen and oxygen atoms in total. The summed E-state index contributed by atoms with van der Waals surface area (Å²) in [5.74, 6) is -1.10. The van der Waals surface area contributed by atoms with Crippen LogP contribution in [0.2, 0.25) is 0 Å². The van der Waals surface area contributed by atoms with E-state index in [2.05, 4.69) is 48.0 Å². The molecule has 160 valence electrons. The summed E-state index contributed by atoms with van der Waals surface area (Å²) < 4.78 is 38.2. The van der Waals surface area contributed by atoms with E-state index in [0.29, 0.717) is 6.54 Å². The smallest absolute Gasteiger partial charge is 0.350 e. The molecule has 0 saturated heterocycles. The second-order valence-electron chi connectivity index (χ2n) is 7.58. The van der Waals surface area contributed by atoms with Crippen LogP contribution in [-0.4, -0.2) is 30.4 Å². The normalized spacial score (nSPS) is 18.0. The lowest BCUT2D eigenvalue weighted by molar-refractivity contribution is -0.137. The molecule has 30 heavy (non-hydrogen) atoms. The maximum Gasteiger partial charge on any atom is 0.416 e. The number of nitrogens with one attached hydrogen (secondary N) is 3. The van der Waals surface area contributed by atoms with Gasteiger partial charge in [-0.15, -0.1) is 0 Å². The number of alkyl halides is 3. The average molecular weight is 419 g/mol. The van der Waals surface area contributed by atoms with Crippen LogP contribution in [0.15, 0.2) is 42.5 Å². The number of hydrogen-bond donors (Lipinski definition) is 3. The van der Waals surface area contributed by atoms with Crippen molar-refractivity contribution in [3.05, 3.63) is 70.3 Å². The van der Waals surface area contributed by atoms with E-state index in [1.54, 1.807) is 0 Å². The zero-order chi connectivity index (χ0) is 21.9. The van der Waals surface area contributed by atoms with E-state index in [-0.39, 0.29) is 30.1 Å². The average Bonchev–Trinajstić information content (AvgIpc) is 3.44. The molecule has 0 heterocycles. The number of carbonyl (C=O) groups is 2. The fourth-order valence-electron chi connectivity index (χ4n) is 3.10. The van der Waals surface area contributed by atoms with Gasteiger partial charge in [-0.2, -0.15) is 13.2 Å². The second kappa shape index (κ2) is 8.87. The summed E-state index contributed by atoms with van der Waals surface area (Å²) in [4.78, 5) is 24.1.